The Morgan fingerprint density at radius 2 is 0.574 bits per heavy atom. The second-order valence-corrected chi connectivity index (χ2v) is 19.5. The average Bonchev–Trinajstić information content (AvgIpc) is 3.34. The molecule has 0 aliphatic heterocycles. The molecule has 0 aromatic carbocycles. The summed E-state index contributed by atoms with van der Waals surface area (Å²) in [5.41, 5.74) is 0. The quantitative estimate of drug-likeness (QED) is 0.0262. The molecule has 0 fully saturated rings. The van der Waals surface area contributed by atoms with E-state index < -0.39 is 6.10 Å². The Bertz CT molecular complexity index is 1230. The van der Waals surface area contributed by atoms with Crippen molar-refractivity contribution in [3.05, 3.63) is 60.8 Å². The van der Waals surface area contributed by atoms with Crippen molar-refractivity contribution in [1.82, 2.24) is 0 Å². The minimum absolute atomic E-state index is 0.0926. The maximum Gasteiger partial charge on any atom is 0.306 e. The van der Waals surface area contributed by atoms with Crippen molar-refractivity contribution in [2.45, 2.75) is 303 Å². The van der Waals surface area contributed by atoms with Gasteiger partial charge in [0.2, 0.25) is 0 Å². The van der Waals surface area contributed by atoms with E-state index in [-0.39, 0.29) is 37.5 Å². The van der Waals surface area contributed by atoms with Gasteiger partial charge in [0.25, 0.3) is 0 Å². The molecule has 0 aromatic rings. The summed E-state index contributed by atoms with van der Waals surface area (Å²) in [5.74, 6) is -0.963. The zero-order valence-corrected chi connectivity index (χ0v) is 45.1. The zero-order valence-electron chi connectivity index (χ0n) is 45.1. The molecule has 0 spiro atoms. The third kappa shape index (κ3) is 54.1. The summed E-state index contributed by atoms with van der Waals surface area (Å²) in [5, 5.41) is 0. The molecule has 6 heteroatoms. The SMILES string of the molecule is CC/C=C\C/C=C\C/C=C\C/C=C\C/C=C\CCC(=O)OCC(COC(=O)CCCCCCCCCCCCCCCCCCC)OC(=O)CCCCCCCCCCCCCCCCCCC. The molecular weight excluding hydrogens is 841 g/mol. The highest BCUT2D eigenvalue weighted by Gasteiger charge is 2.19. The monoisotopic (exact) mass is 951 g/mol. The summed E-state index contributed by atoms with van der Waals surface area (Å²) in [4.78, 5) is 38.1. The highest BCUT2D eigenvalue weighted by atomic mass is 16.6. The average molecular weight is 952 g/mol. The van der Waals surface area contributed by atoms with Gasteiger partial charge in [-0.2, -0.15) is 0 Å². The van der Waals surface area contributed by atoms with E-state index in [1.54, 1.807) is 0 Å². The Morgan fingerprint density at radius 1 is 0.309 bits per heavy atom. The Balaban J connectivity index is 4.43. The van der Waals surface area contributed by atoms with Crippen LogP contribution in [0.25, 0.3) is 0 Å². The number of carbonyl (C=O) groups excluding carboxylic acids is 3. The van der Waals surface area contributed by atoms with E-state index in [4.69, 9.17) is 14.2 Å². The van der Waals surface area contributed by atoms with Gasteiger partial charge < -0.3 is 14.2 Å². The molecule has 1 unspecified atom stereocenters. The van der Waals surface area contributed by atoms with Crippen LogP contribution in [0.3, 0.4) is 0 Å². The lowest BCUT2D eigenvalue weighted by atomic mass is 10.0. The maximum atomic E-state index is 12.9. The standard InChI is InChI=1S/C62H110O6/c1-4-7-10-13-16-19-22-25-28-31-34-37-40-43-46-49-52-55-61(64)67-58-59(57-66-60(63)54-51-48-45-42-39-36-33-30-27-24-21-18-15-12-9-6-3)68-62(65)56-53-50-47-44-41-38-35-32-29-26-23-20-17-14-11-8-5-2/h9,12,18,21,27,30,36,39,45,48,59H,4-8,10-11,13-17,19-20,22-26,28-29,31-35,37-38,40-44,46-47,49-58H2,1-3H3/b12-9-,21-18-,30-27-,39-36-,48-45-. The van der Waals surface area contributed by atoms with Crippen molar-refractivity contribution >= 4 is 17.9 Å². The number of ether oxygens (including phenoxy) is 3. The first-order chi connectivity index (χ1) is 33.5. The van der Waals surface area contributed by atoms with E-state index in [2.05, 4.69) is 75.5 Å². The van der Waals surface area contributed by atoms with Gasteiger partial charge in [0.05, 0.1) is 0 Å². The van der Waals surface area contributed by atoms with Gasteiger partial charge in [-0.1, -0.05) is 287 Å². The molecule has 0 aliphatic carbocycles. The lowest BCUT2D eigenvalue weighted by Crippen LogP contribution is -2.30. The second-order valence-electron chi connectivity index (χ2n) is 19.5. The van der Waals surface area contributed by atoms with Crippen LogP contribution in [0.4, 0.5) is 0 Å². The summed E-state index contributed by atoms with van der Waals surface area (Å²) < 4.78 is 16.8. The second kappa shape index (κ2) is 56.7. The summed E-state index contributed by atoms with van der Waals surface area (Å²) in [7, 11) is 0. The van der Waals surface area contributed by atoms with Crippen molar-refractivity contribution in [3.8, 4) is 0 Å². The molecule has 0 aliphatic rings. The molecule has 0 bridgehead atoms. The molecule has 0 saturated heterocycles. The van der Waals surface area contributed by atoms with Crippen molar-refractivity contribution in [2.75, 3.05) is 13.2 Å². The molecule has 1 atom stereocenters. The van der Waals surface area contributed by atoms with Gasteiger partial charge >= 0.3 is 17.9 Å². The van der Waals surface area contributed by atoms with Crippen LogP contribution in [0.2, 0.25) is 0 Å². The predicted molar refractivity (Wildman–Crippen MR) is 293 cm³/mol. The number of hydrogen-bond donors (Lipinski definition) is 0. The van der Waals surface area contributed by atoms with E-state index in [9.17, 15) is 14.4 Å². The number of allylic oxidation sites excluding steroid dienone is 10. The fourth-order valence-corrected chi connectivity index (χ4v) is 8.44. The molecule has 0 rings (SSSR count). The first kappa shape index (κ1) is 65.1. The molecular formula is C62H110O6. The normalized spacial score (nSPS) is 12.5. The van der Waals surface area contributed by atoms with Crippen LogP contribution < -0.4 is 0 Å². The van der Waals surface area contributed by atoms with Crippen LogP contribution in [0, 0.1) is 0 Å². The number of unbranched alkanes of at least 4 members (excludes halogenated alkanes) is 32. The van der Waals surface area contributed by atoms with E-state index in [0.717, 1.165) is 70.6 Å². The predicted octanol–water partition coefficient (Wildman–Crippen LogP) is 19.6. The number of esters is 3. The van der Waals surface area contributed by atoms with Crippen LogP contribution in [-0.4, -0.2) is 37.2 Å². The lowest BCUT2D eigenvalue weighted by molar-refractivity contribution is -0.166. The molecule has 0 radical (unpaired) electrons. The first-order valence-corrected chi connectivity index (χ1v) is 29.3. The molecule has 0 N–H and O–H groups in total. The van der Waals surface area contributed by atoms with Crippen molar-refractivity contribution in [3.63, 3.8) is 0 Å². The van der Waals surface area contributed by atoms with Gasteiger partial charge in [-0.05, 0) is 51.4 Å². The first-order valence-electron chi connectivity index (χ1n) is 29.3. The van der Waals surface area contributed by atoms with Crippen molar-refractivity contribution < 1.29 is 28.6 Å². The van der Waals surface area contributed by atoms with Gasteiger partial charge in [0.15, 0.2) is 6.10 Å². The van der Waals surface area contributed by atoms with Gasteiger partial charge in [0.1, 0.15) is 13.2 Å². The molecule has 0 aromatic heterocycles. The van der Waals surface area contributed by atoms with Gasteiger partial charge in [-0.25, -0.2) is 0 Å². The Labute approximate surface area is 421 Å². The topological polar surface area (TPSA) is 78.9 Å². The van der Waals surface area contributed by atoms with Crippen LogP contribution in [0.1, 0.15) is 297 Å². The van der Waals surface area contributed by atoms with E-state index >= 15 is 0 Å². The van der Waals surface area contributed by atoms with E-state index in [1.165, 1.54) is 180 Å². The highest BCUT2D eigenvalue weighted by molar-refractivity contribution is 5.71. The Kier molecular flexibility index (Phi) is 54.3. The van der Waals surface area contributed by atoms with Crippen molar-refractivity contribution in [1.29, 1.82) is 0 Å². The number of hydrogen-bond acceptors (Lipinski definition) is 6. The molecule has 0 saturated carbocycles. The third-order valence-corrected chi connectivity index (χ3v) is 12.8. The molecule has 68 heavy (non-hydrogen) atoms. The summed E-state index contributed by atoms with van der Waals surface area (Å²) in [6.07, 6.45) is 70.8. The van der Waals surface area contributed by atoms with Crippen LogP contribution in [-0.2, 0) is 28.6 Å². The minimum atomic E-state index is -0.801. The minimum Gasteiger partial charge on any atom is -0.462 e. The van der Waals surface area contributed by atoms with Crippen LogP contribution >= 0.6 is 0 Å². The van der Waals surface area contributed by atoms with Crippen LogP contribution in [0.5, 0.6) is 0 Å². The smallest absolute Gasteiger partial charge is 0.306 e. The third-order valence-electron chi connectivity index (χ3n) is 12.8. The zero-order chi connectivity index (χ0) is 49.3. The fraction of sp³-hybridized carbons (Fsp3) is 0.790. The lowest BCUT2D eigenvalue weighted by Gasteiger charge is -2.18. The Morgan fingerprint density at radius 3 is 0.897 bits per heavy atom. The molecule has 0 heterocycles. The fourth-order valence-electron chi connectivity index (χ4n) is 8.44. The molecule has 394 valence electrons. The highest BCUT2D eigenvalue weighted by Crippen LogP contribution is 2.17. The maximum absolute atomic E-state index is 12.9. The van der Waals surface area contributed by atoms with E-state index in [1.807, 2.05) is 6.08 Å². The Hall–Kier alpha value is -2.89. The summed E-state index contributed by atoms with van der Waals surface area (Å²) >= 11 is 0. The summed E-state index contributed by atoms with van der Waals surface area (Å²) in [6, 6.07) is 0. The summed E-state index contributed by atoms with van der Waals surface area (Å²) in [6.45, 7) is 6.50. The van der Waals surface area contributed by atoms with Gasteiger partial charge in [0, 0.05) is 19.3 Å². The largest absolute Gasteiger partial charge is 0.462 e. The number of rotatable bonds is 53. The van der Waals surface area contributed by atoms with Gasteiger partial charge in [-0.15, -0.1) is 0 Å². The molecule has 6 nitrogen and oxygen atoms in total. The molecule has 0 amide bonds. The van der Waals surface area contributed by atoms with Crippen LogP contribution in [0.15, 0.2) is 60.8 Å². The van der Waals surface area contributed by atoms with Crippen molar-refractivity contribution in [2.24, 2.45) is 0 Å². The van der Waals surface area contributed by atoms with Gasteiger partial charge in [-0.3, -0.25) is 14.4 Å². The van der Waals surface area contributed by atoms with E-state index in [0.29, 0.717) is 19.3 Å². The number of carbonyl (C=O) groups is 3.